The van der Waals surface area contributed by atoms with E-state index in [1.54, 1.807) is 0 Å². The summed E-state index contributed by atoms with van der Waals surface area (Å²) in [4.78, 5) is 7.18. The summed E-state index contributed by atoms with van der Waals surface area (Å²) in [7, 11) is 1.97. The molecule has 0 amide bonds. The first kappa shape index (κ1) is 14.3. The highest BCUT2D eigenvalue weighted by Crippen LogP contribution is 2.39. The number of hydrogen-bond donors (Lipinski definition) is 1. The zero-order valence-corrected chi connectivity index (χ0v) is 12.8. The van der Waals surface area contributed by atoms with Crippen molar-refractivity contribution in [1.29, 1.82) is 0 Å². The van der Waals surface area contributed by atoms with E-state index in [2.05, 4.69) is 37.1 Å². The van der Waals surface area contributed by atoms with Gasteiger partial charge in [0, 0.05) is 25.8 Å². The minimum Gasteiger partial charge on any atom is -0.356 e. The van der Waals surface area contributed by atoms with Crippen molar-refractivity contribution in [2.75, 3.05) is 25.0 Å². The third-order valence-electron chi connectivity index (χ3n) is 4.73. The molecule has 1 N–H and O–H groups in total. The molecular weight excluding hydrogens is 234 g/mol. The van der Waals surface area contributed by atoms with Crippen LogP contribution in [-0.4, -0.2) is 25.1 Å². The van der Waals surface area contributed by atoms with Crippen LogP contribution in [-0.2, 0) is 6.54 Å². The number of anilines is 1. The van der Waals surface area contributed by atoms with E-state index in [-0.39, 0.29) is 0 Å². The van der Waals surface area contributed by atoms with Gasteiger partial charge in [0.15, 0.2) is 0 Å². The zero-order valence-electron chi connectivity index (χ0n) is 12.8. The lowest BCUT2D eigenvalue weighted by Gasteiger charge is -2.27. The Balaban J connectivity index is 2.15. The third-order valence-corrected chi connectivity index (χ3v) is 4.73. The van der Waals surface area contributed by atoms with Crippen molar-refractivity contribution < 1.29 is 0 Å². The second kappa shape index (κ2) is 5.91. The molecular formula is C16H27N3. The summed E-state index contributed by atoms with van der Waals surface area (Å²) < 4.78 is 0. The minimum atomic E-state index is 0.512. The Kier molecular flexibility index (Phi) is 4.46. The molecule has 0 aromatic carbocycles. The highest BCUT2D eigenvalue weighted by atomic mass is 15.2. The molecule has 0 spiro atoms. The second-order valence-corrected chi connectivity index (χ2v) is 5.89. The highest BCUT2D eigenvalue weighted by Gasteiger charge is 2.35. The Hall–Kier alpha value is -1.09. The average Bonchev–Trinajstić information content (AvgIpc) is 2.84. The van der Waals surface area contributed by atoms with Gasteiger partial charge in [-0.2, -0.15) is 0 Å². The van der Waals surface area contributed by atoms with E-state index in [1.165, 1.54) is 42.8 Å². The van der Waals surface area contributed by atoms with Gasteiger partial charge in [0.2, 0.25) is 0 Å². The molecule has 1 fully saturated rings. The molecule has 2 heterocycles. The molecule has 19 heavy (non-hydrogen) atoms. The van der Waals surface area contributed by atoms with Crippen molar-refractivity contribution in [2.45, 2.75) is 46.6 Å². The van der Waals surface area contributed by atoms with E-state index in [0.29, 0.717) is 5.41 Å². The van der Waals surface area contributed by atoms with Gasteiger partial charge in [0.1, 0.15) is 5.82 Å². The Morgan fingerprint density at radius 2 is 2.11 bits per heavy atom. The van der Waals surface area contributed by atoms with Gasteiger partial charge < -0.3 is 10.2 Å². The van der Waals surface area contributed by atoms with Gasteiger partial charge in [-0.3, -0.25) is 0 Å². The number of aryl methyl sites for hydroxylation is 1. The van der Waals surface area contributed by atoms with Crippen molar-refractivity contribution >= 4 is 5.82 Å². The lowest BCUT2D eigenvalue weighted by molar-refractivity contribution is 0.301. The first-order valence-corrected chi connectivity index (χ1v) is 7.49. The number of nitrogens with one attached hydrogen (secondary N) is 1. The molecule has 0 radical (unpaired) electrons. The molecule has 0 saturated carbocycles. The average molecular weight is 261 g/mol. The predicted molar refractivity (Wildman–Crippen MR) is 81.6 cm³/mol. The Morgan fingerprint density at radius 1 is 1.37 bits per heavy atom. The van der Waals surface area contributed by atoms with E-state index < -0.39 is 0 Å². The maximum absolute atomic E-state index is 4.70. The van der Waals surface area contributed by atoms with Crippen LogP contribution < -0.4 is 10.2 Å². The fourth-order valence-corrected chi connectivity index (χ4v) is 3.20. The van der Waals surface area contributed by atoms with E-state index in [4.69, 9.17) is 4.98 Å². The normalized spacial score (nSPS) is 18.0. The number of rotatable bonds is 5. The van der Waals surface area contributed by atoms with Crippen LogP contribution in [0.25, 0.3) is 0 Å². The summed E-state index contributed by atoms with van der Waals surface area (Å²) in [6.45, 7) is 10.0. The van der Waals surface area contributed by atoms with Crippen molar-refractivity contribution in [1.82, 2.24) is 10.3 Å². The molecule has 3 heteroatoms. The Labute approximate surface area is 117 Å². The Morgan fingerprint density at radius 3 is 2.63 bits per heavy atom. The third kappa shape index (κ3) is 2.92. The van der Waals surface area contributed by atoms with E-state index in [0.717, 1.165) is 13.1 Å². The van der Waals surface area contributed by atoms with Crippen molar-refractivity contribution in [3.05, 3.63) is 23.4 Å². The van der Waals surface area contributed by atoms with Gasteiger partial charge >= 0.3 is 0 Å². The highest BCUT2D eigenvalue weighted by molar-refractivity contribution is 5.48. The van der Waals surface area contributed by atoms with E-state index in [9.17, 15) is 0 Å². The molecule has 0 aliphatic carbocycles. The molecule has 1 saturated heterocycles. The largest absolute Gasteiger partial charge is 0.356 e. The number of aromatic nitrogens is 1. The van der Waals surface area contributed by atoms with Gasteiger partial charge in [0.05, 0.1) is 0 Å². The van der Waals surface area contributed by atoms with Gasteiger partial charge in [-0.25, -0.2) is 4.98 Å². The number of hydrogen-bond acceptors (Lipinski definition) is 3. The minimum absolute atomic E-state index is 0.512. The van der Waals surface area contributed by atoms with Crippen LogP contribution in [0.1, 0.15) is 44.2 Å². The summed E-state index contributed by atoms with van der Waals surface area (Å²) in [6.07, 6.45) is 5.86. The zero-order chi connectivity index (χ0) is 13.9. The monoisotopic (exact) mass is 261 g/mol. The van der Waals surface area contributed by atoms with Crippen LogP contribution in [0, 0.1) is 12.3 Å². The van der Waals surface area contributed by atoms with Crippen LogP contribution in [0.15, 0.2) is 12.3 Å². The molecule has 2 rings (SSSR count). The maximum Gasteiger partial charge on any atom is 0.131 e. The van der Waals surface area contributed by atoms with Crippen LogP contribution in [0.4, 0.5) is 5.82 Å². The molecule has 3 nitrogen and oxygen atoms in total. The molecule has 1 aliphatic rings. The van der Waals surface area contributed by atoms with Crippen LogP contribution in [0.5, 0.6) is 0 Å². The summed E-state index contributed by atoms with van der Waals surface area (Å²) in [5, 5.41) is 3.18. The lowest BCUT2D eigenvalue weighted by Crippen LogP contribution is -2.27. The first-order chi connectivity index (χ1) is 9.14. The molecule has 1 aromatic rings. The summed E-state index contributed by atoms with van der Waals surface area (Å²) in [5.41, 5.74) is 3.08. The fraction of sp³-hybridized carbons (Fsp3) is 0.688. The topological polar surface area (TPSA) is 28.2 Å². The van der Waals surface area contributed by atoms with Crippen molar-refractivity contribution in [2.24, 2.45) is 5.41 Å². The van der Waals surface area contributed by atoms with Crippen LogP contribution in [0.2, 0.25) is 0 Å². The standard InChI is InChI=1S/C16H27N3/c1-5-16(6-2)7-8-19(12-16)15-13(3)9-14(10-17-4)11-18-15/h9,11,17H,5-8,10,12H2,1-4H3. The van der Waals surface area contributed by atoms with Crippen molar-refractivity contribution in [3.8, 4) is 0 Å². The predicted octanol–water partition coefficient (Wildman–Crippen LogP) is 3.13. The Bertz CT molecular complexity index is 424. The van der Waals surface area contributed by atoms with Gasteiger partial charge in [-0.15, -0.1) is 0 Å². The number of nitrogens with zero attached hydrogens (tertiary/aromatic N) is 2. The fourth-order valence-electron chi connectivity index (χ4n) is 3.20. The molecule has 0 unspecified atom stereocenters. The maximum atomic E-state index is 4.70. The van der Waals surface area contributed by atoms with Crippen molar-refractivity contribution in [3.63, 3.8) is 0 Å². The molecule has 1 aliphatic heterocycles. The lowest BCUT2D eigenvalue weighted by atomic mass is 9.82. The summed E-state index contributed by atoms with van der Waals surface area (Å²) >= 11 is 0. The summed E-state index contributed by atoms with van der Waals surface area (Å²) in [5.74, 6) is 1.18. The van der Waals surface area contributed by atoms with E-state index in [1.807, 2.05) is 13.2 Å². The molecule has 1 aromatic heterocycles. The molecule has 0 atom stereocenters. The smallest absolute Gasteiger partial charge is 0.131 e. The van der Waals surface area contributed by atoms with E-state index >= 15 is 0 Å². The van der Waals surface area contributed by atoms with Gasteiger partial charge in [0.25, 0.3) is 0 Å². The second-order valence-electron chi connectivity index (χ2n) is 5.89. The molecule has 106 valence electrons. The van der Waals surface area contributed by atoms with Crippen LogP contribution in [0.3, 0.4) is 0 Å². The SMILES string of the molecule is CCC1(CC)CCN(c2ncc(CNC)cc2C)C1. The van der Waals surface area contributed by atoms with Gasteiger partial charge in [-0.05, 0) is 55.8 Å². The first-order valence-electron chi connectivity index (χ1n) is 7.49. The molecule has 0 bridgehead atoms. The van der Waals surface area contributed by atoms with Gasteiger partial charge in [-0.1, -0.05) is 13.8 Å². The summed E-state index contributed by atoms with van der Waals surface area (Å²) in [6, 6.07) is 2.26. The van der Waals surface area contributed by atoms with Crippen LogP contribution >= 0.6 is 0 Å². The number of pyridine rings is 1. The quantitative estimate of drug-likeness (QED) is 0.882.